The Balaban J connectivity index is 1.75. The van der Waals surface area contributed by atoms with Gasteiger partial charge in [-0.05, 0) is 48.4 Å². The van der Waals surface area contributed by atoms with E-state index < -0.39 is 0 Å². The van der Waals surface area contributed by atoms with Gasteiger partial charge in [0, 0.05) is 17.6 Å². The summed E-state index contributed by atoms with van der Waals surface area (Å²) in [7, 11) is 0. The Hall–Kier alpha value is -0.380. The highest BCUT2D eigenvalue weighted by Gasteiger charge is 2.15. The van der Waals surface area contributed by atoms with Gasteiger partial charge in [-0.25, -0.2) is 0 Å². The summed E-state index contributed by atoms with van der Waals surface area (Å²) in [6, 6.07) is 6.60. The standard InChI is InChI=1S/C18H28BrNO/c1-14(2)10-20-11-16-7-8-17(18(19)9-16)13-21-12-15-5-3-4-6-15/h7-9,14-15,20H,3-6,10-13H2,1-2H3. The van der Waals surface area contributed by atoms with Gasteiger partial charge in [0.25, 0.3) is 0 Å². The molecule has 2 nitrogen and oxygen atoms in total. The molecule has 0 aromatic heterocycles. The average molecular weight is 354 g/mol. The van der Waals surface area contributed by atoms with Crippen molar-refractivity contribution in [2.75, 3.05) is 13.2 Å². The first-order valence-electron chi connectivity index (χ1n) is 8.21. The number of rotatable bonds is 8. The summed E-state index contributed by atoms with van der Waals surface area (Å²) in [5.74, 6) is 1.49. The van der Waals surface area contributed by atoms with Crippen LogP contribution in [0, 0.1) is 11.8 Å². The number of hydrogen-bond acceptors (Lipinski definition) is 2. The molecule has 0 radical (unpaired) electrons. The van der Waals surface area contributed by atoms with Crippen molar-refractivity contribution in [1.82, 2.24) is 5.32 Å². The first-order valence-corrected chi connectivity index (χ1v) is 9.00. The predicted octanol–water partition coefficient (Wildman–Crippen LogP) is 4.90. The number of ether oxygens (including phenoxy) is 1. The Morgan fingerprint density at radius 3 is 2.71 bits per heavy atom. The molecule has 0 aliphatic heterocycles. The molecule has 21 heavy (non-hydrogen) atoms. The van der Waals surface area contributed by atoms with Gasteiger partial charge in [-0.3, -0.25) is 0 Å². The molecule has 1 aliphatic carbocycles. The molecular weight excluding hydrogens is 326 g/mol. The van der Waals surface area contributed by atoms with Crippen LogP contribution in [-0.4, -0.2) is 13.2 Å². The lowest BCUT2D eigenvalue weighted by atomic mass is 10.1. The Morgan fingerprint density at radius 1 is 1.29 bits per heavy atom. The second kappa shape index (κ2) is 8.92. The van der Waals surface area contributed by atoms with Gasteiger partial charge in [-0.1, -0.05) is 54.8 Å². The van der Waals surface area contributed by atoms with Gasteiger partial charge in [0.05, 0.1) is 6.61 Å². The molecule has 1 N–H and O–H groups in total. The van der Waals surface area contributed by atoms with Crippen LogP contribution in [0.4, 0.5) is 0 Å². The van der Waals surface area contributed by atoms with Crippen molar-refractivity contribution in [2.24, 2.45) is 11.8 Å². The van der Waals surface area contributed by atoms with E-state index >= 15 is 0 Å². The van der Waals surface area contributed by atoms with Gasteiger partial charge in [0.2, 0.25) is 0 Å². The van der Waals surface area contributed by atoms with E-state index in [9.17, 15) is 0 Å². The molecule has 0 atom stereocenters. The second-order valence-corrected chi connectivity index (χ2v) is 7.47. The van der Waals surface area contributed by atoms with Crippen molar-refractivity contribution in [3.63, 3.8) is 0 Å². The maximum atomic E-state index is 5.89. The SMILES string of the molecule is CC(C)CNCc1ccc(COCC2CCCC2)c(Br)c1. The fourth-order valence-electron chi connectivity index (χ4n) is 2.84. The molecule has 2 rings (SSSR count). The van der Waals surface area contributed by atoms with Crippen LogP contribution >= 0.6 is 15.9 Å². The van der Waals surface area contributed by atoms with Crippen LogP contribution in [0.3, 0.4) is 0 Å². The lowest BCUT2D eigenvalue weighted by Crippen LogP contribution is -2.18. The zero-order valence-electron chi connectivity index (χ0n) is 13.3. The molecule has 0 heterocycles. The highest BCUT2D eigenvalue weighted by Crippen LogP contribution is 2.26. The lowest BCUT2D eigenvalue weighted by molar-refractivity contribution is 0.0885. The van der Waals surface area contributed by atoms with Gasteiger partial charge in [-0.2, -0.15) is 0 Å². The van der Waals surface area contributed by atoms with Gasteiger partial charge >= 0.3 is 0 Å². The minimum atomic E-state index is 0.691. The summed E-state index contributed by atoms with van der Waals surface area (Å²) < 4.78 is 7.06. The minimum Gasteiger partial charge on any atom is -0.376 e. The van der Waals surface area contributed by atoms with E-state index in [-0.39, 0.29) is 0 Å². The van der Waals surface area contributed by atoms with E-state index in [1.807, 2.05) is 0 Å². The first kappa shape index (κ1) is 17.0. The van der Waals surface area contributed by atoms with E-state index in [1.165, 1.54) is 36.8 Å². The highest BCUT2D eigenvalue weighted by molar-refractivity contribution is 9.10. The van der Waals surface area contributed by atoms with Crippen LogP contribution in [0.15, 0.2) is 22.7 Å². The zero-order valence-corrected chi connectivity index (χ0v) is 14.9. The molecule has 3 heteroatoms. The Kier molecular flexibility index (Phi) is 7.21. The largest absolute Gasteiger partial charge is 0.376 e. The molecule has 1 aromatic carbocycles. The fraction of sp³-hybridized carbons (Fsp3) is 0.667. The third-order valence-corrected chi connectivity index (χ3v) is 4.82. The maximum Gasteiger partial charge on any atom is 0.0727 e. The topological polar surface area (TPSA) is 21.3 Å². The predicted molar refractivity (Wildman–Crippen MR) is 92.3 cm³/mol. The first-order chi connectivity index (χ1) is 10.1. The van der Waals surface area contributed by atoms with E-state index in [2.05, 4.69) is 53.3 Å². The molecule has 1 aliphatic rings. The Labute approximate surface area is 137 Å². The van der Waals surface area contributed by atoms with E-state index in [4.69, 9.17) is 4.74 Å². The molecule has 1 fully saturated rings. The molecule has 0 spiro atoms. The molecule has 0 bridgehead atoms. The van der Waals surface area contributed by atoms with Crippen molar-refractivity contribution in [3.8, 4) is 0 Å². The monoisotopic (exact) mass is 353 g/mol. The quantitative estimate of drug-likeness (QED) is 0.717. The Bertz CT molecular complexity index is 427. The van der Waals surface area contributed by atoms with Crippen molar-refractivity contribution in [1.29, 1.82) is 0 Å². The van der Waals surface area contributed by atoms with Crippen LogP contribution in [0.1, 0.15) is 50.7 Å². The molecule has 0 saturated heterocycles. The third-order valence-electron chi connectivity index (χ3n) is 4.09. The van der Waals surface area contributed by atoms with Crippen molar-refractivity contribution < 1.29 is 4.74 Å². The van der Waals surface area contributed by atoms with Crippen LogP contribution in [0.2, 0.25) is 0 Å². The molecule has 118 valence electrons. The fourth-order valence-corrected chi connectivity index (χ4v) is 3.38. The van der Waals surface area contributed by atoms with Gasteiger partial charge in [0.1, 0.15) is 0 Å². The van der Waals surface area contributed by atoms with E-state index in [0.717, 1.165) is 36.7 Å². The maximum absolute atomic E-state index is 5.89. The smallest absolute Gasteiger partial charge is 0.0727 e. The number of nitrogens with one attached hydrogen (secondary N) is 1. The van der Waals surface area contributed by atoms with Crippen molar-refractivity contribution >= 4 is 15.9 Å². The molecule has 1 saturated carbocycles. The van der Waals surface area contributed by atoms with Crippen LogP contribution in [-0.2, 0) is 17.9 Å². The molecular formula is C18H28BrNO. The van der Waals surface area contributed by atoms with Crippen molar-refractivity contribution in [3.05, 3.63) is 33.8 Å². The summed E-state index contributed by atoms with van der Waals surface area (Å²) >= 11 is 3.67. The van der Waals surface area contributed by atoms with Crippen LogP contribution in [0.5, 0.6) is 0 Å². The van der Waals surface area contributed by atoms with Crippen LogP contribution in [0.25, 0.3) is 0 Å². The van der Waals surface area contributed by atoms with E-state index in [0.29, 0.717) is 5.92 Å². The van der Waals surface area contributed by atoms with Gasteiger partial charge < -0.3 is 10.1 Å². The summed E-state index contributed by atoms with van der Waals surface area (Å²) in [4.78, 5) is 0. The zero-order chi connectivity index (χ0) is 15.1. The number of hydrogen-bond donors (Lipinski definition) is 1. The van der Waals surface area contributed by atoms with E-state index in [1.54, 1.807) is 0 Å². The average Bonchev–Trinajstić information content (AvgIpc) is 2.94. The Morgan fingerprint density at radius 2 is 2.05 bits per heavy atom. The number of halogens is 1. The second-order valence-electron chi connectivity index (χ2n) is 6.62. The summed E-state index contributed by atoms with van der Waals surface area (Å²) in [5.41, 5.74) is 2.57. The van der Waals surface area contributed by atoms with Gasteiger partial charge in [-0.15, -0.1) is 0 Å². The minimum absolute atomic E-state index is 0.691. The molecule has 0 amide bonds. The lowest BCUT2D eigenvalue weighted by Gasteiger charge is -2.12. The third kappa shape index (κ3) is 6.09. The van der Waals surface area contributed by atoms with Gasteiger partial charge in [0.15, 0.2) is 0 Å². The number of benzene rings is 1. The highest BCUT2D eigenvalue weighted by atomic mass is 79.9. The summed E-state index contributed by atoms with van der Waals surface area (Å²) in [6.45, 7) is 8.09. The van der Waals surface area contributed by atoms with Crippen LogP contribution < -0.4 is 5.32 Å². The normalized spacial score (nSPS) is 16.0. The summed E-state index contributed by atoms with van der Waals surface area (Å²) in [6.07, 6.45) is 5.47. The molecule has 0 unspecified atom stereocenters. The summed E-state index contributed by atoms with van der Waals surface area (Å²) in [5, 5.41) is 3.48. The van der Waals surface area contributed by atoms with Crippen molar-refractivity contribution in [2.45, 2.75) is 52.7 Å². The molecule has 1 aromatic rings.